The van der Waals surface area contributed by atoms with Crippen molar-refractivity contribution in [2.45, 2.75) is 25.0 Å². The van der Waals surface area contributed by atoms with Crippen molar-refractivity contribution in [2.24, 2.45) is 0 Å². The summed E-state index contributed by atoms with van der Waals surface area (Å²) >= 11 is 0. The van der Waals surface area contributed by atoms with Gasteiger partial charge in [0.15, 0.2) is 0 Å². The minimum Gasteiger partial charge on any atom is -0.387 e. The lowest BCUT2D eigenvalue weighted by molar-refractivity contribution is 0.0894. The van der Waals surface area contributed by atoms with E-state index in [1.54, 1.807) is 0 Å². The highest BCUT2D eigenvalue weighted by molar-refractivity contribution is 6.11. The molecule has 2 aliphatic rings. The van der Waals surface area contributed by atoms with Crippen molar-refractivity contribution in [3.8, 4) is 0 Å². The highest BCUT2D eigenvalue weighted by atomic mass is 16.3. The molecule has 22 heavy (non-hydrogen) atoms. The topological polar surface area (TPSA) is 23.5 Å². The zero-order valence-corrected chi connectivity index (χ0v) is 12.5. The van der Waals surface area contributed by atoms with Gasteiger partial charge in [-0.2, -0.15) is 0 Å². The minimum atomic E-state index is -0.376. The molecule has 5 rings (SSSR count). The number of hydrogen-bond donors (Lipinski definition) is 1. The van der Waals surface area contributed by atoms with Crippen molar-refractivity contribution in [1.82, 2.24) is 4.90 Å². The van der Waals surface area contributed by atoms with Crippen molar-refractivity contribution in [3.63, 3.8) is 0 Å². The van der Waals surface area contributed by atoms with Crippen molar-refractivity contribution in [2.75, 3.05) is 13.1 Å². The van der Waals surface area contributed by atoms with E-state index in [-0.39, 0.29) is 6.10 Å². The Hall–Kier alpha value is -1.90. The van der Waals surface area contributed by atoms with Crippen LogP contribution >= 0.6 is 0 Å². The van der Waals surface area contributed by atoms with E-state index >= 15 is 0 Å². The molecule has 1 saturated heterocycles. The van der Waals surface area contributed by atoms with E-state index < -0.39 is 0 Å². The summed E-state index contributed by atoms with van der Waals surface area (Å²) in [4.78, 5) is 2.47. The Morgan fingerprint density at radius 2 is 1.41 bits per heavy atom. The average molecular weight is 289 g/mol. The van der Waals surface area contributed by atoms with Gasteiger partial charge in [-0.05, 0) is 52.1 Å². The molecule has 0 saturated carbocycles. The van der Waals surface area contributed by atoms with Gasteiger partial charge in [0.2, 0.25) is 0 Å². The molecule has 0 aliphatic carbocycles. The van der Waals surface area contributed by atoms with Gasteiger partial charge in [-0.1, -0.05) is 48.5 Å². The largest absolute Gasteiger partial charge is 0.387 e. The summed E-state index contributed by atoms with van der Waals surface area (Å²) in [5.74, 6) is 0. The van der Waals surface area contributed by atoms with Crippen LogP contribution in [-0.4, -0.2) is 23.1 Å². The van der Waals surface area contributed by atoms with E-state index in [0.29, 0.717) is 6.04 Å². The SMILES string of the molecule is OC1CN2CCCC2c2c1c1ccccc1c1ccccc21. The number of benzene rings is 3. The highest BCUT2D eigenvalue weighted by Crippen LogP contribution is 2.47. The first-order chi connectivity index (χ1) is 10.8. The molecule has 0 radical (unpaired) electrons. The third-order valence-corrected chi connectivity index (χ3v) is 5.45. The maximum atomic E-state index is 10.8. The second-order valence-corrected chi connectivity index (χ2v) is 6.59. The van der Waals surface area contributed by atoms with Crippen LogP contribution in [-0.2, 0) is 0 Å². The molecule has 0 aromatic heterocycles. The van der Waals surface area contributed by atoms with Crippen molar-refractivity contribution < 1.29 is 5.11 Å². The molecule has 0 amide bonds. The molecule has 2 heteroatoms. The van der Waals surface area contributed by atoms with Gasteiger partial charge in [0.1, 0.15) is 0 Å². The van der Waals surface area contributed by atoms with Gasteiger partial charge >= 0.3 is 0 Å². The lowest BCUT2D eigenvalue weighted by Crippen LogP contribution is -2.34. The summed E-state index contributed by atoms with van der Waals surface area (Å²) in [6, 6.07) is 17.7. The van der Waals surface area contributed by atoms with E-state index in [4.69, 9.17) is 0 Å². The quantitative estimate of drug-likeness (QED) is 0.628. The molecule has 3 aromatic rings. The first-order valence-electron chi connectivity index (χ1n) is 8.20. The predicted molar refractivity (Wildman–Crippen MR) is 90.0 cm³/mol. The van der Waals surface area contributed by atoms with E-state index in [2.05, 4.69) is 53.4 Å². The third kappa shape index (κ3) is 1.57. The Bertz CT molecular complexity index is 885. The first-order valence-corrected chi connectivity index (χ1v) is 8.20. The number of rotatable bonds is 0. The van der Waals surface area contributed by atoms with Crippen LogP contribution in [0.2, 0.25) is 0 Å². The molecule has 2 nitrogen and oxygen atoms in total. The molecule has 1 N–H and O–H groups in total. The van der Waals surface area contributed by atoms with E-state index in [0.717, 1.165) is 13.1 Å². The minimum absolute atomic E-state index is 0.376. The molecule has 0 bridgehead atoms. The Morgan fingerprint density at radius 3 is 2.09 bits per heavy atom. The predicted octanol–water partition coefficient (Wildman–Crippen LogP) is 4.18. The molecular formula is C20H19NO. The van der Waals surface area contributed by atoms with Crippen LogP contribution in [0.25, 0.3) is 21.5 Å². The van der Waals surface area contributed by atoms with Crippen molar-refractivity contribution in [1.29, 1.82) is 0 Å². The van der Waals surface area contributed by atoms with E-state index in [1.165, 1.54) is 45.5 Å². The molecule has 1 fully saturated rings. The fourth-order valence-electron chi connectivity index (χ4n) is 4.60. The Labute approximate surface area is 130 Å². The van der Waals surface area contributed by atoms with Gasteiger partial charge in [-0.15, -0.1) is 0 Å². The van der Waals surface area contributed by atoms with Crippen LogP contribution in [0.4, 0.5) is 0 Å². The summed E-state index contributed by atoms with van der Waals surface area (Å²) in [6.07, 6.45) is 2.07. The van der Waals surface area contributed by atoms with Gasteiger partial charge in [-0.3, -0.25) is 4.90 Å². The maximum absolute atomic E-state index is 10.8. The van der Waals surface area contributed by atoms with Crippen LogP contribution in [0.15, 0.2) is 48.5 Å². The van der Waals surface area contributed by atoms with Gasteiger partial charge < -0.3 is 5.11 Å². The summed E-state index contributed by atoms with van der Waals surface area (Å²) in [5, 5.41) is 16.0. The number of nitrogens with zero attached hydrogens (tertiary/aromatic N) is 1. The lowest BCUT2D eigenvalue weighted by atomic mass is 9.82. The molecule has 2 aliphatic heterocycles. The highest BCUT2D eigenvalue weighted by Gasteiger charge is 2.37. The standard InChI is InChI=1S/C20H19NO/c22-18-12-21-11-5-10-17(21)19-15-8-3-1-6-13(15)14-7-2-4-9-16(14)20(18)19/h1-4,6-9,17-18,22H,5,10-12H2. The van der Waals surface area contributed by atoms with Crippen LogP contribution in [0, 0.1) is 0 Å². The molecule has 0 spiro atoms. The Balaban J connectivity index is 1.99. The van der Waals surface area contributed by atoms with Gasteiger partial charge in [0, 0.05) is 12.6 Å². The van der Waals surface area contributed by atoms with Crippen LogP contribution < -0.4 is 0 Å². The third-order valence-electron chi connectivity index (χ3n) is 5.45. The molecule has 2 atom stereocenters. The van der Waals surface area contributed by atoms with E-state index in [9.17, 15) is 5.11 Å². The maximum Gasteiger partial charge on any atom is 0.0926 e. The van der Waals surface area contributed by atoms with Gasteiger partial charge in [0.05, 0.1) is 6.10 Å². The molecule has 2 unspecified atom stereocenters. The number of aliphatic hydroxyl groups is 1. The van der Waals surface area contributed by atoms with Crippen molar-refractivity contribution in [3.05, 3.63) is 59.7 Å². The van der Waals surface area contributed by atoms with Crippen LogP contribution in [0.3, 0.4) is 0 Å². The van der Waals surface area contributed by atoms with Crippen LogP contribution in [0.1, 0.15) is 36.1 Å². The Kier molecular flexibility index (Phi) is 2.61. The average Bonchev–Trinajstić information content (AvgIpc) is 3.02. The summed E-state index contributed by atoms with van der Waals surface area (Å²) < 4.78 is 0. The summed E-state index contributed by atoms with van der Waals surface area (Å²) in [6.45, 7) is 1.89. The summed E-state index contributed by atoms with van der Waals surface area (Å²) in [7, 11) is 0. The number of hydrogen-bond acceptors (Lipinski definition) is 2. The molecule has 2 heterocycles. The molecular weight excluding hydrogens is 270 g/mol. The normalized spacial score (nSPS) is 24.6. The number of fused-ring (bicyclic) bond motifs is 8. The second-order valence-electron chi connectivity index (χ2n) is 6.59. The zero-order valence-electron chi connectivity index (χ0n) is 12.5. The smallest absolute Gasteiger partial charge is 0.0926 e. The second kappa shape index (κ2) is 4.55. The summed E-state index contributed by atoms with van der Waals surface area (Å²) in [5.41, 5.74) is 2.56. The molecule has 3 aromatic carbocycles. The zero-order chi connectivity index (χ0) is 14.7. The first kappa shape index (κ1) is 12.6. The lowest BCUT2D eigenvalue weighted by Gasteiger charge is -2.37. The fourth-order valence-corrected chi connectivity index (χ4v) is 4.60. The van der Waals surface area contributed by atoms with E-state index in [1.807, 2.05) is 0 Å². The molecule has 110 valence electrons. The Morgan fingerprint density at radius 1 is 0.818 bits per heavy atom. The monoisotopic (exact) mass is 289 g/mol. The van der Waals surface area contributed by atoms with Gasteiger partial charge in [0.25, 0.3) is 0 Å². The van der Waals surface area contributed by atoms with Crippen LogP contribution in [0.5, 0.6) is 0 Å². The fraction of sp³-hybridized carbons (Fsp3) is 0.300. The van der Waals surface area contributed by atoms with Crippen molar-refractivity contribution >= 4 is 21.5 Å². The number of aliphatic hydroxyl groups excluding tert-OH is 1. The van der Waals surface area contributed by atoms with Gasteiger partial charge in [-0.25, -0.2) is 0 Å².